The van der Waals surface area contributed by atoms with E-state index in [2.05, 4.69) is 18.8 Å². The topological polar surface area (TPSA) is 56.3 Å². The number of aliphatic hydroxyl groups excluding tert-OH is 1. The molecule has 2 N–H and O–H groups in total. The van der Waals surface area contributed by atoms with E-state index in [-0.39, 0.29) is 23.3 Å². The number of benzene rings is 1. The van der Waals surface area contributed by atoms with Crippen molar-refractivity contribution in [2.24, 2.45) is 16.7 Å². The number of carbonyl (C=O) groups excluding carboxylic acids is 1. The van der Waals surface area contributed by atoms with Gasteiger partial charge >= 0.3 is 0 Å². The molecule has 0 unspecified atom stereocenters. The van der Waals surface area contributed by atoms with E-state index in [1.807, 2.05) is 29.2 Å². The quantitative estimate of drug-likeness (QED) is 0.886. The second kappa shape index (κ2) is 4.74. The minimum Gasteiger partial charge on any atom is -0.396 e. The van der Waals surface area contributed by atoms with Crippen molar-refractivity contribution in [2.45, 2.75) is 20.3 Å². The number of para-hydroxylation sites is 1. The number of aromatic amines is 1. The van der Waals surface area contributed by atoms with Crippen LogP contribution in [-0.2, 0) is 0 Å². The van der Waals surface area contributed by atoms with Crippen LogP contribution in [0.2, 0.25) is 5.02 Å². The summed E-state index contributed by atoms with van der Waals surface area (Å²) in [4.78, 5) is 18.0. The monoisotopic (exact) mass is 332 g/mol. The number of nitrogens with one attached hydrogen (secondary N) is 1. The molecule has 1 aromatic carbocycles. The lowest BCUT2D eigenvalue weighted by molar-refractivity contribution is -0.0977. The maximum Gasteiger partial charge on any atom is 0.271 e. The summed E-state index contributed by atoms with van der Waals surface area (Å²) >= 11 is 6.42. The van der Waals surface area contributed by atoms with Gasteiger partial charge in [-0.15, -0.1) is 0 Å². The highest BCUT2D eigenvalue weighted by Gasteiger charge is 2.63. The standard InChI is InChI=1S/C18H21ClN2O2/c1-17(2)8-18(10-22)9-21(7-13(17)18)16(23)15-14(19)11-5-3-4-6-12(11)20-15/h3-6,13,20,22H,7-10H2,1-2H3/t13-,18-/m1/s1. The Labute approximate surface area is 140 Å². The molecule has 1 saturated carbocycles. The maximum atomic E-state index is 13.0. The molecule has 2 heterocycles. The van der Waals surface area contributed by atoms with E-state index >= 15 is 0 Å². The number of likely N-dealkylation sites (tertiary alicyclic amines) is 1. The first-order chi connectivity index (χ1) is 10.9. The van der Waals surface area contributed by atoms with Gasteiger partial charge in [0.1, 0.15) is 5.69 Å². The molecule has 0 radical (unpaired) electrons. The lowest BCUT2D eigenvalue weighted by Gasteiger charge is -2.55. The second-order valence-electron chi connectivity index (χ2n) is 7.78. The highest BCUT2D eigenvalue weighted by Crippen LogP contribution is 2.62. The third kappa shape index (κ3) is 1.98. The van der Waals surface area contributed by atoms with Crippen LogP contribution < -0.4 is 0 Å². The van der Waals surface area contributed by atoms with Crippen LogP contribution in [0.5, 0.6) is 0 Å². The molecule has 2 fully saturated rings. The Morgan fingerprint density at radius 1 is 1.43 bits per heavy atom. The van der Waals surface area contributed by atoms with Crippen molar-refractivity contribution in [1.29, 1.82) is 0 Å². The molecule has 5 heteroatoms. The molecule has 1 amide bonds. The third-order valence-electron chi connectivity index (χ3n) is 5.86. The lowest BCUT2D eigenvalue weighted by atomic mass is 9.48. The fourth-order valence-electron chi connectivity index (χ4n) is 4.91. The summed E-state index contributed by atoms with van der Waals surface area (Å²) in [6, 6.07) is 7.67. The molecule has 2 aromatic rings. The fraction of sp³-hybridized carbons (Fsp3) is 0.500. The molecule has 0 spiro atoms. The van der Waals surface area contributed by atoms with Gasteiger partial charge in [0, 0.05) is 29.4 Å². The van der Waals surface area contributed by atoms with E-state index in [1.54, 1.807) is 0 Å². The average molecular weight is 333 g/mol. The predicted molar refractivity (Wildman–Crippen MR) is 90.6 cm³/mol. The van der Waals surface area contributed by atoms with Gasteiger partial charge < -0.3 is 15.0 Å². The number of hydrogen-bond acceptors (Lipinski definition) is 2. The summed E-state index contributed by atoms with van der Waals surface area (Å²) in [5.74, 6) is 0.288. The van der Waals surface area contributed by atoms with Crippen LogP contribution in [0.3, 0.4) is 0 Å². The zero-order valence-electron chi connectivity index (χ0n) is 13.4. The largest absolute Gasteiger partial charge is 0.396 e. The van der Waals surface area contributed by atoms with Gasteiger partial charge in [0.2, 0.25) is 0 Å². The van der Waals surface area contributed by atoms with Crippen LogP contribution in [0.4, 0.5) is 0 Å². The van der Waals surface area contributed by atoms with Crippen molar-refractivity contribution in [3.05, 3.63) is 35.0 Å². The van der Waals surface area contributed by atoms with Gasteiger partial charge in [0.05, 0.1) is 11.6 Å². The highest BCUT2D eigenvalue weighted by atomic mass is 35.5. The summed E-state index contributed by atoms with van der Waals surface area (Å²) in [6.45, 7) is 5.89. The van der Waals surface area contributed by atoms with E-state index in [0.29, 0.717) is 29.7 Å². The summed E-state index contributed by atoms with van der Waals surface area (Å²) in [6.07, 6.45) is 0.964. The number of nitrogens with zero attached hydrogens (tertiary/aromatic N) is 1. The minimum absolute atomic E-state index is 0.0655. The van der Waals surface area contributed by atoms with E-state index in [1.165, 1.54) is 0 Å². The highest BCUT2D eigenvalue weighted by molar-refractivity contribution is 6.38. The van der Waals surface area contributed by atoms with E-state index < -0.39 is 0 Å². The van der Waals surface area contributed by atoms with Crippen molar-refractivity contribution >= 4 is 28.4 Å². The number of carbonyl (C=O) groups is 1. The first-order valence-corrected chi connectivity index (χ1v) is 8.42. The first-order valence-electron chi connectivity index (χ1n) is 8.04. The van der Waals surface area contributed by atoms with Crippen LogP contribution in [0, 0.1) is 16.7 Å². The van der Waals surface area contributed by atoms with Gasteiger partial charge in [0.25, 0.3) is 5.91 Å². The third-order valence-corrected chi connectivity index (χ3v) is 6.25. The van der Waals surface area contributed by atoms with E-state index in [4.69, 9.17) is 11.6 Å². The summed E-state index contributed by atoms with van der Waals surface area (Å²) < 4.78 is 0. The number of aliphatic hydroxyl groups is 1. The van der Waals surface area contributed by atoms with Crippen molar-refractivity contribution in [1.82, 2.24) is 9.88 Å². The Morgan fingerprint density at radius 3 is 2.78 bits per heavy atom. The van der Waals surface area contributed by atoms with Crippen LogP contribution in [-0.4, -0.2) is 40.6 Å². The van der Waals surface area contributed by atoms with Gasteiger partial charge in [-0.05, 0) is 23.8 Å². The molecule has 122 valence electrons. The molecule has 0 bridgehead atoms. The van der Waals surface area contributed by atoms with Crippen molar-refractivity contribution in [2.75, 3.05) is 19.7 Å². The van der Waals surface area contributed by atoms with Gasteiger partial charge in [0.15, 0.2) is 0 Å². The Balaban J connectivity index is 1.66. The van der Waals surface area contributed by atoms with Crippen molar-refractivity contribution in [3.8, 4) is 0 Å². The number of H-pyrrole nitrogens is 1. The fourth-order valence-corrected chi connectivity index (χ4v) is 5.20. The molecule has 1 aromatic heterocycles. The molecule has 4 nitrogen and oxygen atoms in total. The molecule has 1 saturated heterocycles. The first kappa shape index (κ1) is 15.0. The molecule has 2 aliphatic rings. The lowest BCUT2D eigenvalue weighted by Crippen LogP contribution is -2.54. The van der Waals surface area contributed by atoms with Crippen molar-refractivity contribution in [3.63, 3.8) is 0 Å². The van der Waals surface area contributed by atoms with Gasteiger partial charge in [-0.1, -0.05) is 43.6 Å². The Kier molecular flexibility index (Phi) is 3.10. The molecular weight excluding hydrogens is 312 g/mol. The Morgan fingerprint density at radius 2 is 2.17 bits per heavy atom. The average Bonchev–Trinajstić information content (AvgIpc) is 3.04. The molecule has 1 aliphatic carbocycles. The normalized spacial score (nSPS) is 28.7. The SMILES string of the molecule is CC1(C)C[C@]2(CO)CN(C(=O)c3[nH]c4ccccc4c3Cl)C[C@H]12. The maximum absolute atomic E-state index is 13.0. The number of rotatable bonds is 2. The van der Waals surface area contributed by atoms with Crippen molar-refractivity contribution < 1.29 is 9.90 Å². The molecule has 2 atom stereocenters. The van der Waals surface area contributed by atoms with Gasteiger partial charge in [-0.25, -0.2) is 0 Å². The number of halogens is 1. The Hall–Kier alpha value is -1.52. The second-order valence-corrected chi connectivity index (χ2v) is 8.16. The van der Waals surface area contributed by atoms with Crippen LogP contribution in [0.15, 0.2) is 24.3 Å². The smallest absolute Gasteiger partial charge is 0.271 e. The zero-order chi connectivity index (χ0) is 16.4. The molecule has 23 heavy (non-hydrogen) atoms. The summed E-state index contributed by atoms with van der Waals surface area (Å²) in [7, 11) is 0. The van der Waals surface area contributed by atoms with Crippen LogP contribution in [0.1, 0.15) is 30.8 Å². The Bertz CT molecular complexity index is 797. The van der Waals surface area contributed by atoms with Crippen LogP contribution >= 0.6 is 11.6 Å². The van der Waals surface area contributed by atoms with E-state index in [9.17, 15) is 9.90 Å². The summed E-state index contributed by atoms with van der Waals surface area (Å²) in [5.41, 5.74) is 1.39. The predicted octanol–water partition coefficient (Wildman–Crippen LogP) is 3.30. The minimum atomic E-state index is -0.127. The zero-order valence-corrected chi connectivity index (χ0v) is 14.2. The summed E-state index contributed by atoms with van der Waals surface area (Å²) in [5, 5.41) is 11.2. The van der Waals surface area contributed by atoms with E-state index in [0.717, 1.165) is 17.3 Å². The van der Waals surface area contributed by atoms with Crippen LogP contribution in [0.25, 0.3) is 10.9 Å². The molecular formula is C18H21ClN2O2. The number of amides is 1. The number of aromatic nitrogens is 1. The number of hydrogen-bond donors (Lipinski definition) is 2. The van der Waals surface area contributed by atoms with Gasteiger partial charge in [-0.2, -0.15) is 0 Å². The van der Waals surface area contributed by atoms with Gasteiger partial charge in [-0.3, -0.25) is 4.79 Å². The number of fused-ring (bicyclic) bond motifs is 2. The molecule has 1 aliphatic heterocycles. The molecule has 4 rings (SSSR count).